The first-order chi connectivity index (χ1) is 6.97. The number of aliphatic hydroxyl groups excluding tert-OH is 4. The van der Waals surface area contributed by atoms with E-state index in [0.717, 1.165) is 0 Å². The first kappa shape index (κ1) is 12.9. The van der Waals surface area contributed by atoms with Crippen LogP contribution in [0.25, 0.3) is 0 Å². The van der Waals surface area contributed by atoms with E-state index in [2.05, 4.69) is 8.92 Å². The minimum absolute atomic E-state index is 0.636. The molecule has 1 heterocycles. The standard InChI is InChI=1S/C6H12O8S/c7-1-2-5(14-15(11)12)3(8)4(9)6(10)13-2/h2-10H,1H2,(H,11,12)/t2-,3-,4-,5+,6+/m1/s1. The van der Waals surface area contributed by atoms with Gasteiger partial charge >= 0.3 is 11.4 Å². The summed E-state index contributed by atoms with van der Waals surface area (Å²) in [6.45, 7) is -0.636. The fourth-order valence-electron chi connectivity index (χ4n) is 1.28. The average Bonchev–Trinajstić information content (AvgIpc) is 2.18. The molecule has 0 radical (unpaired) electrons. The van der Waals surface area contributed by atoms with Crippen molar-refractivity contribution in [1.82, 2.24) is 0 Å². The third-order valence-electron chi connectivity index (χ3n) is 2.03. The summed E-state index contributed by atoms with van der Waals surface area (Å²) in [5.41, 5.74) is 0. The highest BCUT2D eigenvalue weighted by atomic mass is 32.2. The molecule has 8 nitrogen and oxygen atoms in total. The summed E-state index contributed by atoms with van der Waals surface area (Å²) in [6, 6.07) is 0. The van der Waals surface area contributed by atoms with Crippen LogP contribution >= 0.6 is 0 Å². The lowest BCUT2D eigenvalue weighted by molar-refractivity contribution is -0.281. The number of ether oxygens (including phenoxy) is 1. The van der Waals surface area contributed by atoms with Crippen molar-refractivity contribution in [3.8, 4) is 0 Å². The fourth-order valence-corrected chi connectivity index (χ4v) is 1.71. The average molecular weight is 244 g/mol. The monoisotopic (exact) mass is 244 g/mol. The van der Waals surface area contributed by atoms with E-state index in [1.807, 2.05) is 0 Å². The maximum absolute atomic E-state index is 10.4. The summed E-state index contributed by atoms with van der Waals surface area (Å²) in [4.78, 5) is 0. The third kappa shape index (κ3) is 2.92. The molecule has 90 valence electrons. The van der Waals surface area contributed by atoms with Crippen LogP contribution < -0.4 is 0 Å². The van der Waals surface area contributed by atoms with Gasteiger partial charge in [-0.3, -0.25) is 8.74 Å². The first-order valence-electron chi connectivity index (χ1n) is 4.06. The second-order valence-electron chi connectivity index (χ2n) is 3.01. The molecule has 15 heavy (non-hydrogen) atoms. The topological polar surface area (TPSA) is 137 Å². The van der Waals surface area contributed by atoms with E-state index in [1.54, 1.807) is 0 Å². The molecular formula is C6H12O8S. The number of hydrogen-bond acceptors (Lipinski definition) is 7. The summed E-state index contributed by atoms with van der Waals surface area (Å²) >= 11 is -2.68. The summed E-state index contributed by atoms with van der Waals surface area (Å²) in [6.07, 6.45) is -7.54. The van der Waals surface area contributed by atoms with Gasteiger partial charge in [-0.1, -0.05) is 0 Å². The molecule has 0 aromatic carbocycles. The van der Waals surface area contributed by atoms with Crippen molar-refractivity contribution in [2.24, 2.45) is 0 Å². The van der Waals surface area contributed by atoms with Gasteiger partial charge in [0.2, 0.25) is 0 Å². The first-order valence-corrected chi connectivity index (χ1v) is 5.09. The predicted octanol–water partition coefficient (Wildman–Crippen LogP) is -3.06. The molecule has 1 aliphatic heterocycles. The van der Waals surface area contributed by atoms with Crippen molar-refractivity contribution in [2.45, 2.75) is 30.7 Å². The molecule has 0 aromatic heterocycles. The molecule has 0 amide bonds. The van der Waals surface area contributed by atoms with Crippen LogP contribution in [-0.4, -0.2) is 66.5 Å². The number of rotatable bonds is 3. The molecule has 1 aliphatic rings. The highest BCUT2D eigenvalue weighted by molar-refractivity contribution is 7.74. The number of aliphatic hydroxyl groups is 4. The van der Waals surface area contributed by atoms with Crippen molar-refractivity contribution < 1.29 is 38.1 Å². The van der Waals surface area contributed by atoms with Crippen molar-refractivity contribution in [1.29, 1.82) is 0 Å². The Kier molecular flexibility index (Phi) is 4.55. The molecule has 0 aliphatic carbocycles. The normalized spacial score (nSPS) is 43.9. The largest absolute Gasteiger partial charge is 0.394 e. The summed E-state index contributed by atoms with van der Waals surface area (Å²) in [5, 5.41) is 36.4. The molecule has 0 aromatic rings. The molecule has 6 atom stereocenters. The number of hydrogen-bond donors (Lipinski definition) is 5. The minimum atomic E-state index is -2.68. The van der Waals surface area contributed by atoms with Crippen LogP contribution in [0, 0.1) is 0 Å². The van der Waals surface area contributed by atoms with E-state index in [-0.39, 0.29) is 0 Å². The molecule has 1 rings (SSSR count). The summed E-state index contributed by atoms with van der Waals surface area (Å²) in [5.74, 6) is 0. The molecule has 0 saturated carbocycles. The van der Waals surface area contributed by atoms with E-state index < -0.39 is 48.7 Å². The van der Waals surface area contributed by atoms with Gasteiger partial charge in [0.05, 0.1) is 6.61 Å². The van der Waals surface area contributed by atoms with Gasteiger partial charge in [-0.25, -0.2) is 0 Å². The van der Waals surface area contributed by atoms with Crippen LogP contribution in [0.2, 0.25) is 0 Å². The van der Waals surface area contributed by atoms with Gasteiger partial charge in [0.15, 0.2) is 6.29 Å². The van der Waals surface area contributed by atoms with E-state index in [1.165, 1.54) is 0 Å². The zero-order valence-corrected chi connectivity index (χ0v) is 8.28. The van der Waals surface area contributed by atoms with Crippen molar-refractivity contribution >= 4 is 11.4 Å². The SMILES string of the molecule is O=S(O)O[C@@H]1[C@H](O)[C@@H](O)[C@@H](O)O[C@@H]1CO. The molecule has 1 unspecified atom stereocenters. The smallest absolute Gasteiger partial charge is 0.302 e. The summed E-state index contributed by atoms with van der Waals surface area (Å²) in [7, 11) is 0. The third-order valence-corrected chi connectivity index (χ3v) is 2.42. The zero-order valence-electron chi connectivity index (χ0n) is 7.46. The molecule has 0 bridgehead atoms. The second-order valence-corrected chi connectivity index (χ2v) is 3.63. The Hall–Kier alpha value is -0.130. The fraction of sp³-hybridized carbons (Fsp3) is 1.00. The van der Waals surface area contributed by atoms with Crippen LogP contribution in [0.1, 0.15) is 0 Å². The van der Waals surface area contributed by atoms with Gasteiger partial charge in [-0.15, -0.1) is 0 Å². The second kappa shape index (κ2) is 5.27. The Labute approximate surface area is 87.5 Å². The summed E-state index contributed by atoms with van der Waals surface area (Å²) < 4.78 is 27.8. The van der Waals surface area contributed by atoms with Crippen molar-refractivity contribution in [2.75, 3.05) is 6.61 Å². The van der Waals surface area contributed by atoms with Gasteiger partial charge in [-0.2, -0.15) is 4.21 Å². The van der Waals surface area contributed by atoms with Gasteiger partial charge in [0.1, 0.15) is 24.4 Å². The predicted molar refractivity (Wildman–Crippen MR) is 45.6 cm³/mol. The highest BCUT2D eigenvalue weighted by Gasteiger charge is 2.45. The van der Waals surface area contributed by atoms with Crippen LogP contribution in [0.4, 0.5) is 0 Å². The van der Waals surface area contributed by atoms with E-state index in [0.29, 0.717) is 0 Å². The Morgan fingerprint density at radius 1 is 1.27 bits per heavy atom. The van der Waals surface area contributed by atoms with E-state index in [9.17, 15) is 14.4 Å². The van der Waals surface area contributed by atoms with Gasteiger partial charge in [0, 0.05) is 0 Å². The van der Waals surface area contributed by atoms with Crippen LogP contribution in [-0.2, 0) is 20.3 Å². The van der Waals surface area contributed by atoms with Crippen molar-refractivity contribution in [3.63, 3.8) is 0 Å². The van der Waals surface area contributed by atoms with Crippen LogP contribution in [0.3, 0.4) is 0 Å². The minimum Gasteiger partial charge on any atom is -0.394 e. The van der Waals surface area contributed by atoms with Crippen LogP contribution in [0.15, 0.2) is 0 Å². The quantitative estimate of drug-likeness (QED) is 0.330. The maximum Gasteiger partial charge on any atom is 0.302 e. The molecule has 1 fully saturated rings. The zero-order chi connectivity index (χ0) is 11.6. The molecule has 5 N–H and O–H groups in total. The lowest BCUT2D eigenvalue weighted by atomic mass is 9.99. The highest BCUT2D eigenvalue weighted by Crippen LogP contribution is 2.22. The van der Waals surface area contributed by atoms with Gasteiger partial charge in [0.25, 0.3) is 0 Å². The Balaban J connectivity index is 2.75. The maximum atomic E-state index is 10.4. The van der Waals surface area contributed by atoms with Gasteiger partial charge < -0.3 is 25.2 Å². The molecule has 0 spiro atoms. The van der Waals surface area contributed by atoms with Crippen LogP contribution in [0.5, 0.6) is 0 Å². The van der Waals surface area contributed by atoms with Crippen molar-refractivity contribution in [3.05, 3.63) is 0 Å². The lowest BCUT2D eigenvalue weighted by Gasteiger charge is -2.38. The van der Waals surface area contributed by atoms with E-state index in [4.69, 9.17) is 14.8 Å². The lowest BCUT2D eigenvalue weighted by Crippen LogP contribution is -2.59. The molecule has 1 saturated heterocycles. The van der Waals surface area contributed by atoms with Gasteiger partial charge in [-0.05, 0) is 0 Å². The Bertz CT molecular complexity index is 233. The molecule has 9 heteroatoms. The van der Waals surface area contributed by atoms with E-state index >= 15 is 0 Å². The Morgan fingerprint density at radius 2 is 1.87 bits per heavy atom. The molecular weight excluding hydrogens is 232 g/mol. The Morgan fingerprint density at radius 3 is 2.33 bits per heavy atom.